The molecule has 0 saturated carbocycles. The van der Waals surface area contributed by atoms with Crippen molar-refractivity contribution in [3.05, 3.63) is 35.9 Å². The number of carbonyl (C=O) groups is 1. The summed E-state index contributed by atoms with van der Waals surface area (Å²) >= 11 is 0. The molecule has 0 spiro atoms. The Morgan fingerprint density at radius 3 is 2.90 bits per heavy atom. The van der Waals surface area contributed by atoms with Gasteiger partial charge in [-0.05, 0) is 31.4 Å². The van der Waals surface area contributed by atoms with Gasteiger partial charge in [-0.25, -0.2) is 0 Å². The third-order valence-electron chi connectivity index (χ3n) is 4.08. The topological polar surface area (TPSA) is 52.6 Å². The van der Waals surface area contributed by atoms with Gasteiger partial charge in [-0.3, -0.25) is 9.69 Å². The zero-order valence-electron chi connectivity index (χ0n) is 12.1. The highest BCUT2D eigenvalue weighted by molar-refractivity contribution is 5.75. The van der Waals surface area contributed by atoms with Gasteiger partial charge in [0, 0.05) is 26.1 Å². The number of nitrogens with zero attached hydrogens (tertiary/aromatic N) is 1. The minimum atomic E-state index is -0.415. The molecule has 2 N–H and O–H groups in total. The quantitative estimate of drug-likeness (QED) is 0.831. The molecule has 1 heterocycles. The second-order valence-electron chi connectivity index (χ2n) is 5.42. The molecule has 2 atom stereocenters. The fourth-order valence-electron chi connectivity index (χ4n) is 2.90. The summed E-state index contributed by atoms with van der Waals surface area (Å²) in [6.45, 7) is 1.81. The summed E-state index contributed by atoms with van der Waals surface area (Å²) in [7, 11) is 1.67. The van der Waals surface area contributed by atoms with Gasteiger partial charge in [0.25, 0.3) is 0 Å². The monoisotopic (exact) mass is 276 g/mol. The number of aliphatic hydroxyl groups is 1. The third kappa shape index (κ3) is 4.05. The molecular formula is C16H24N2O2. The molecule has 2 rings (SSSR count). The van der Waals surface area contributed by atoms with Crippen molar-refractivity contribution < 1.29 is 9.90 Å². The van der Waals surface area contributed by atoms with Gasteiger partial charge in [0.2, 0.25) is 5.91 Å². The van der Waals surface area contributed by atoms with Crippen LogP contribution in [0.3, 0.4) is 0 Å². The van der Waals surface area contributed by atoms with Crippen LogP contribution < -0.4 is 5.32 Å². The minimum absolute atomic E-state index is 0.0826. The van der Waals surface area contributed by atoms with Crippen molar-refractivity contribution in [2.24, 2.45) is 0 Å². The van der Waals surface area contributed by atoms with Crippen LogP contribution in [0, 0.1) is 0 Å². The molecule has 0 bridgehead atoms. The van der Waals surface area contributed by atoms with Crippen LogP contribution in [0.5, 0.6) is 0 Å². The summed E-state index contributed by atoms with van der Waals surface area (Å²) in [5.74, 6) is 0.0826. The summed E-state index contributed by atoms with van der Waals surface area (Å²) in [6.07, 6.45) is 3.13. The van der Waals surface area contributed by atoms with E-state index in [2.05, 4.69) is 10.2 Å². The van der Waals surface area contributed by atoms with Gasteiger partial charge in [0.1, 0.15) is 0 Å². The zero-order chi connectivity index (χ0) is 14.4. The van der Waals surface area contributed by atoms with E-state index in [4.69, 9.17) is 0 Å². The second kappa shape index (κ2) is 7.41. The Hall–Kier alpha value is -1.39. The first-order chi connectivity index (χ1) is 9.70. The summed E-state index contributed by atoms with van der Waals surface area (Å²) in [6, 6.07) is 10.2. The number of nitrogens with one attached hydrogen (secondary N) is 1. The largest absolute Gasteiger partial charge is 0.388 e. The second-order valence-corrected chi connectivity index (χ2v) is 5.42. The predicted octanol–water partition coefficient (Wildman–Crippen LogP) is 1.71. The molecule has 1 amide bonds. The minimum Gasteiger partial charge on any atom is -0.388 e. The molecule has 1 fully saturated rings. The Bertz CT molecular complexity index is 422. The van der Waals surface area contributed by atoms with Crippen LogP contribution in [-0.4, -0.2) is 42.1 Å². The molecule has 0 radical (unpaired) electrons. The first-order valence-corrected chi connectivity index (χ1v) is 7.38. The average molecular weight is 276 g/mol. The van der Waals surface area contributed by atoms with Crippen molar-refractivity contribution in [3.63, 3.8) is 0 Å². The number of hydrogen-bond acceptors (Lipinski definition) is 3. The van der Waals surface area contributed by atoms with Gasteiger partial charge in [-0.2, -0.15) is 0 Å². The molecule has 0 aromatic heterocycles. The molecule has 1 aliphatic rings. The van der Waals surface area contributed by atoms with Crippen LogP contribution in [-0.2, 0) is 4.79 Å². The molecule has 20 heavy (non-hydrogen) atoms. The summed E-state index contributed by atoms with van der Waals surface area (Å²) < 4.78 is 0. The predicted molar refractivity (Wildman–Crippen MR) is 79.3 cm³/mol. The van der Waals surface area contributed by atoms with E-state index >= 15 is 0 Å². The molecule has 4 heteroatoms. The molecule has 1 saturated heterocycles. The van der Waals surface area contributed by atoms with Crippen molar-refractivity contribution in [1.82, 2.24) is 10.2 Å². The van der Waals surface area contributed by atoms with E-state index in [1.54, 1.807) is 7.05 Å². The normalized spacial score (nSPS) is 20.8. The Labute approximate surface area is 120 Å². The van der Waals surface area contributed by atoms with E-state index in [-0.39, 0.29) is 5.91 Å². The van der Waals surface area contributed by atoms with E-state index < -0.39 is 6.10 Å². The van der Waals surface area contributed by atoms with Crippen molar-refractivity contribution in [1.29, 1.82) is 0 Å². The SMILES string of the molecule is CNC(=O)CCN1CCCC1CC(O)c1ccccc1. The van der Waals surface area contributed by atoms with Crippen LogP contribution in [0.2, 0.25) is 0 Å². The molecule has 2 unspecified atom stereocenters. The van der Waals surface area contributed by atoms with Gasteiger partial charge in [0.05, 0.1) is 6.10 Å². The van der Waals surface area contributed by atoms with E-state index in [0.29, 0.717) is 12.5 Å². The maximum atomic E-state index is 11.3. The maximum absolute atomic E-state index is 11.3. The van der Waals surface area contributed by atoms with Crippen LogP contribution in [0.4, 0.5) is 0 Å². The Morgan fingerprint density at radius 1 is 1.45 bits per heavy atom. The van der Waals surface area contributed by atoms with E-state index in [1.807, 2.05) is 30.3 Å². The van der Waals surface area contributed by atoms with Crippen molar-refractivity contribution in [3.8, 4) is 0 Å². The van der Waals surface area contributed by atoms with Gasteiger partial charge in [-0.15, -0.1) is 0 Å². The molecule has 110 valence electrons. The Kier molecular flexibility index (Phi) is 5.56. The number of likely N-dealkylation sites (tertiary alicyclic amines) is 1. The number of rotatable bonds is 6. The number of carbonyl (C=O) groups excluding carboxylic acids is 1. The van der Waals surface area contributed by atoms with Gasteiger partial charge >= 0.3 is 0 Å². The lowest BCUT2D eigenvalue weighted by Crippen LogP contribution is -2.34. The van der Waals surface area contributed by atoms with Crippen molar-refractivity contribution >= 4 is 5.91 Å². The Morgan fingerprint density at radius 2 is 2.20 bits per heavy atom. The average Bonchev–Trinajstić information content (AvgIpc) is 2.92. The fraction of sp³-hybridized carbons (Fsp3) is 0.562. The van der Waals surface area contributed by atoms with Gasteiger partial charge in [-0.1, -0.05) is 30.3 Å². The molecule has 0 aliphatic carbocycles. The van der Waals surface area contributed by atoms with E-state index in [0.717, 1.165) is 37.9 Å². The zero-order valence-corrected chi connectivity index (χ0v) is 12.1. The molecule has 4 nitrogen and oxygen atoms in total. The van der Waals surface area contributed by atoms with Crippen molar-refractivity contribution in [2.75, 3.05) is 20.1 Å². The lowest BCUT2D eigenvalue weighted by atomic mass is 10.0. The van der Waals surface area contributed by atoms with Crippen LogP contribution >= 0.6 is 0 Å². The van der Waals surface area contributed by atoms with E-state index in [1.165, 1.54) is 0 Å². The summed E-state index contributed by atoms with van der Waals surface area (Å²) in [5, 5.41) is 13.0. The van der Waals surface area contributed by atoms with E-state index in [9.17, 15) is 9.90 Å². The van der Waals surface area contributed by atoms with Crippen LogP contribution in [0.1, 0.15) is 37.4 Å². The van der Waals surface area contributed by atoms with Crippen molar-refractivity contribution in [2.45, 2.75) is 37.8 Å². The molecule has 1 aromatic rings. The first kappa shape index (κ1) is 15.0. The number of benzene rings is 1. The number of amides is 1. The number of hydrogen-bond donors (Lipinski definition) is 2. The highest BCUT2D eigenvalue weighted by Crippen LogP contribution is 2.27. The summed E-state index contributed by atoms with van der Waals surface area (Å²) in [5.41, 5.74) is 0.977. The number of aliphatic hydroxyl groups excluding tert-OH is 1. The first-order valence-electron chi connectivity index (χ1n) is 7.38. The maximum Gasteiger partial charge on any atom is 0.221 e. The lowest BCUT2D eigenvalue weighted by Gasteiger charge is -2.26. The lowest BCUT2D eigenvalue weighted by molar-refractivity contribution is -0.121. The molecule has 1 aliphatic heterocycles. The fourth-order valence-corrected chi connectivity index (χ4v) is 2.90. The standard InChI is InChI=1S/C16H24N2O2/c1-17-16(20)9-11-18-10-5-8-14(18)12-15(19)13-6-3-2-4-7-13/h2-4,6-7,14-15,19H,5,8-12H2,1H3,(H,17,20). The summed E-state index contributed by atoms with van der Waals surface area (Å²) in [4.78, 5) is 13.7. The molecular weight excluding hydrogens is 252 g/mol. The Balaban J connectivity index is 1.86. The van der Waals surface area contributed by atoms with Gasteiger partial charge in [0.15, 0.2) is 0 Å². The highest BCUT2D eigenvalue weighted by Gasteiger charge is 2.27. The molecule has 1 aromatic carbocycles. The van der Waals surface area contributed by atoms with Crippen LogP contribution in [0.15, 0.2) is 30.3 Å². The highest BCUT2D eigenvalue weighted by atomic mass is 16.3. The van der Waals surface area contributed by atoms with Gasteiger partial charge < -0.3 is 10.4 Å². The third-order valence-corrected chi connectivity index (χ3v) is 4.08. The van der Waals surface area contributed by atoms with Crippen LogP contribution in [0.25, 0.3) is 0 Å². The smallest absolute Gasteiger partial charge is 0.221 e.